The minimum absolute atomic E-state index is 0.153. The number of rotatable bonds is 10. The maximum Gasteiger partial charge on any atom is 0.320 e. The topological polar surface area (TPSA) is 83.6 Å². The molecular weight excluding hydrogens is 252 g/mol. The largest absolute Gasteiger partial charge is 0.480 e. The molecule has 0 fully saturated rings. The molecule has 5 nitrogen and oxygen atoms in total. The highest BCUT2D eigenvalue weighted by Gasteiger charge is 2.24. The van der Waals surface area contributed by atoms with E-state index in [2.05, 4.69) is 0 Å². The van der Waals surface area contributed by atoms with Crippen molar-refractivity contribution in [3.05, 3.63) is 0 Å². The summed E-state index contributed by atoms with van der Waals surface area (Å²) in [6.45, 7) is 3.73. The number of aliphatic carboxylic acids is 1. The van der Waals surface area contributed by atoms with Crippen molar-refractivity contribution in [1.29, 1.82) is 0 Å². The van der Waals surface area contributed by atoms with Crippen molar-refractivity contribution in [3.63, 3.8) is 0 Å². The van der Waals surface area contributed by atoms with Crippen molar-refractivity contribution < 1.29 is 14.7 Å². The molecule has 0 spiro atoms. The zero-order valence-corrected chi connectivity index (χ0v) is 12.2. The van der Waals surface area contributed by atoms with Crippen molar-refractivity contribution >= 4 is 24.0 Å². The second-order valence-electron chi connectivity index (χ2n) is 4.32. The van der Waals surface area contributed by atoms with Crippen LogP contribution in [0.5, 0.6) is 0 Å². The van der Waals surface area contributed by atoms with Gasteiger partial charge < -0.3 is 15.6 Å². The molecule has 3 unspecified atom stereocenters. The van der Waals surface area contributed by atoms with Crippen molar-refractivity contribution in [1.82, 2.24) is 4.90 Å². The van der Waals surface area contributed by atoms with E-state index in [1.807, 2.05) is 18.9 Å². The zero-order valence-electron chi connectivity index (χ0n) is 11.3. The van der Waals surface area contributed by atoms with Gasteiger partial charge in [0.1, 0.15) is 12.3 Å². The Morgan fingerprint density at radius 2 is 2.11 bits per heavy atom. The minimum Gasteiger partial charge on any atom is -0.480 e. The summed E-state index contributed by atoms with van der Waals surface area (Å²) in [7, 11) is 1.83. The molecule has 0 aromatic carbocycles. The lowest BCUT2D eigenvalue weighted by Crippen LogP contribution is -2.41. The van der Waals surface area contributed by atoms with Crippen molar-refractivity contribution in [2.45, 2.75) is 50.6 Å². The molecular formula is C12H24N2O3S. The van der Waals surface area contributed by atoms with Gasteiger partial charge in [0, 0.05) is 0 Å². The smallest absolute Gasteiger partial charge is 0.320 e. The molecule has 0 aliphatic heterocycles. The molecule has 0 aromatic rings. The molecule has 0 saturated carbocycles. The van der Waals surface area contributed by atoms with Gasteiger partial charge in [-0.15, -0.1) is 11.8 Å². The van der Waals surface area contributed by atoms with Crippen LogP contribution in [0.4, 0.5) is 0 Å². The highest BCUT2D eigenvalue weighted by molar-refractivity contribution is 7.99. The van der Waals surface area contributed by atoms with Gasteiger partial charge in [-0.05, 0) is 39.0 Å². The standard InChI is InChI=1S/C12H24N2O3S/c1-4-18-11(7-5-6-10(13)8-15)14(3)9(2)12(16)17/h8-11H,4-7,13H2,1-3H3,(H,16,17). The highest BCUT2D eigenvalue weighted by Crippen LogP contribution is 2.22. The predicted molar refractivity (Wildman–Crippen MR) is 74.7 cm³/mol. The van der Waals surface area contributed by atoms with Crippen LogP contribution in [0.2, 0.25) is 0 Å². The lowest BCUT2D eigenvalue weighted by molar-refractivity contribution is -0.142. The normalized spacial score (nSPS) is 16.3. The van der Waals surface area contributed by atoms with E-state index in [-0.39, 0.29) is 5.37 Å². The first-order valence-corrected chi connectivity index (χ1v) is 7.26. The Hall–Kier alpha value is -0.590. The molecule has 0 heterocycles. The fraction of sp³-hybridized carbons (Fsp3) is 0.833. The number of carboxylic acid groups (broad SMARTS) is 1. The molecule has 0 rings (SSSR count). The summed E-state index contributed by atoms with van der Waals surface area (Å²) in [5.41, 5.74) is 5.53. The summed E-state index contributed by atoms with van der Waals surface area (Å²) in [5.74, 6) is 0.116. The van der Waals surface area contributed by atoms with Gasteiger partial charge >= 0.3 is 5.97 Å². The zero-order chi connectivity index (χ0) is 14.1. The Morgan fingerprint density at radius 1 is 1.50 bits per heavy atom. The van der Waals surface area contributed by atoms with E-state index in [9.17, 15) is 9.59 Å². The Labute approximate surface area is 113 Å². The number of aldehydes is 1. The number of carbonyl (C=O) groups excluding carboxylic acids is 1. The molecule has 3 atom stereocenters. The van der Waals surface area contributed by atoms with Crippen molar-refractivity contribution in [2.24, 2.45) is 5.73 Å². The lowest BCUT2D eigenvalue weighted by Gasteiger charge is -2.30. The average Bonchev–Trinajstić information content (AvgIpc) is 2.35. The summed E-state index contributed by atoms with van der Waals surface area (Å²) >= 11 is 1.72. The maximum absolute atomic E-state index is 11.0. The number of thioether (sulfide) groups is 1. The van der Waals surface area contributed by atoms with E-state index in [4.69, 9.17) is 10.8 Å². The van der Waals surface area contributed by atoms with Gasteiger partial charge in [-0.1, -0.05) is 6.92 Å². The minimum atomic E-state index is -0.816. The van der Waals surface area contributed by atoms with Crippen LogP contribution in [-0.4, -0.2) is 52.5 Å². The van der Waals surface area contributed by atoms with Gasteiger partial charge in [0.15, 0.2) is 0 Å². The van der Waals surface area contributed by atoms with Gasteiger partial charge in [0.25, 0.3) is 0 Å². The van der Waals surface area contributed by atoms with Crippen molar-refractivity contribution in [3.8, 4) is 0 Å². The molecule has 3 N–H and O–H groups in total. The first kappa shape index (κ1) is 17.4. The fourth-order valence-corrected chi connectivity index (χ4v) is 2.75. The average molecular weight is 276 g/mol. The number of likely N-dealkylation sites (N-methyl/N-ethyl adjacent to an activating group) is 1. The molecule has 0 aliphatic carbocycles. The third-order valence-electron chi connectivity index (χ3n) is 2.94. The Bertz CT molecular complexity index is 264. The number of hydrogen-bond donors (Lipinski definition) is 2. The molecule has 0 saturated heterocycles. The van der Waals surface area contributed by atoms with E-state index in [1.54, 1.807) is 18.7 Å². The molecule has 0 aliphatic rings. The van der Waals surface area contributed by atoms with E-state index >= 15 is 0 Å². The Kier molecular flexibility index (Phi) is 9.05. The van der Waals surface area contributed by atoms with E-state index < -0.39 is 18.1 Å². The van der Waals surface area contributed by atoms with Crippen LogP contribution in [-0.2, 0) is 9.59 Å². The first-order chi connectivity index (χ1) is 8.43. The third kappa shape index (κ3) is 6.37. The molecule has 106 valence electrons. The molecule has 6 heteroatoms. The number of nitrogens with zero attached hydrogens (tertiary/aromatic N) is 1. The first-order valence-electron chi connectivity index (χ1n) is 6.21. The second kappa shape index (κ2) is 9.35. The number of carbonyl (C=O) groups is 2. The van der Waals surface area contributed by atoms with Crippen molar-refractivity contribution in [2.75, 3.05) is 12.8 Å². The Balaban J connectivity index is 4.28. The Morgan fingerprint density at radius 3 is 2.56 bits per heavy atom. The lowest BCUT2D eigenvalue weighted by atomic mass is 10.1. The quantitative estimate of drug-likeness (QED) is 0.460. The summed E-state index contributed by atoms with van der Waals surface area (Å²) in [6.07, 6.45) is 3.08. The van der Waals surface area contributed by atoms with Crippen LogP contribution in [0.15, 0.2) is 0 Å². The summed E-state index contributed by atoms with van der Waals surface area (Å²) in [6, 6.07) is -0.909. The van der Waals surface area contributed by atoms with Crippen LogP contribution in [0.1, 0.15) is 33.1 Å². The van der Waals surface area contributed by atoms with Crippen LogP contribution in [0, 0.1) is 0 Å². The van der Waals surface area contributed by atoms with Crippen LogP contribution < -0.4 is 5.73 Å². The molecule has 18 heavy (non-hydrogen) atoms. The summed E-state index contributed by atoms with van der Waals surface area (Å²) in [4.78, 5) is 23.2. The highest BCUT2D eigenvalue weighted by atomic mass is 32.2. The van der Waals surface area contributed by atoms with Crippen LogP contribution >= 0.6 is 11.8 Å². The van der Waals surface area contributed by atoms with E-state index in [1.165, 1.54) is 0 Å². The summed E-state index contributed by atoms with van der Waals surface area (Å²) in [5, 5.41) is 9.16. The fourth-order valence-electron chi connectivity index (χ4n) is 1.62. The molecule has 0 amide bonds. The number of carboxylic acids is 1. The van der Waals surface area contributed by atoms with Crippen LogP contribution in [0.25, 0.3) is 0 Å². The SMILES string of the molecule is CCSC(CCCC(N)C=O)N(C)C(C)C(=O)O. The van der Waals surface area contributed by atoms with Gasteiger partial charge in [-0.2, -0.15) is 0 Å². The summed E-state index contributed by atoms with van der Waals surface area (Å²) < 4.78 is 0. The molecule has 0 bridgehead atoms. The number of nitrogens with two attached hydrogens (primary N) is 1. The van der Waals surface area contributed by atoms with Gasteiger partial charge in [-0.25, -0.2) is 0 Å². The third-order valence-corrected chi connectivity index (χ3v) is 4.23. The van der Waals surface area contributed by atoms with E-state index in [0.717, 1.165) is 24.9 Å². The molecule has 0 radical (unpaired) electrons. The monoisotopic (exact) mass is 276 g/mol. The van der Waals surface area contributed by atoms with Gasteiger partial charge in [0.2, 0.25) is 0 Å². The second-order valence-corrected chi connectivity index (χ2v) is 5.78. The van der Waals surface area contributed by atoms with E-state index in [0.29, 0.717) is 6.42 Å². The maximum atomic E-state index is 11.0. The predicted octanol–water partition coefficient (Wildman–Crippen LogP) is 1.17. The van der Waals surface area contributed by atoms with Gasteiger partial charge in [0.05, 0.1) is 11.4 Å². The number of hydrogen-bond acceptors (Lipinski definition) is 5. The van der Waals surface area contributed by atoms with Gasteiger partial charge in [-0.3, -0.25) is 9.69 Å². The molecule has 0 aromatic heterocycles. The van der Waals surface area contributed by atoms with Crippen LogP contribution in [0.3, 0.4) is 0 Å².